The van der Waals surface area contributed by atoms with Crippen LogP contribution in [0.5, 0.6) is 5.75 Å². The van der Waals surface area contributed by atoms with E-state index in [-0.39, 0.29) is 23.0 Å². The van der Waals surface area contributed by atoms with Crippen LogP contribution in [-0.2, 0) is 11.3 Å². The zero-order chi connectivity index (χ0) is 16.9. The molecule has 24 heavy (non-hydrogen) atoms. The third kappa shape index (κ3) is 3.99. The molecule has 1 fully saturated rings. The number of aromatic hydroxyl groups is 1. The van der Waals surface area contributed by atoms with E-state index in [2.05, 4.69) is 20.2 Å². The second-order valence-electron chi connectivity index (χ2n) is 5.99. The van der Waals surface area contributed by atoms with Crippen LogP contribution in [0.4, 0.5) is 5.69 Å². The molecule has 0 bridgehead atoms. The van der Waals surface area contributed by atoms with E-state index in [0.29, 0.717) is 12.2 Å². The number of aromatic amines is 1. The maximum Gasteiger partial charge on any atom is 0.227 e. The van der Waals surface area contributed by atoms with Crippen molar-refractivity contribution in [3.05, 3.63) is 52.7 Å². The van der Waals surface area contributed by atoms with Gasteiger partial charge in [0.2, 0.25) is 11.3 Å². The van der Waals surface area contributed by atoms with Gasteiger partial charge in [0.05, 0.1) is 11.9 Å². The lowest BCUT2D eigenvalue weighted by Gasteiger charge is -2.31. The minimum absolute atomic E-state index is 0.0136. The first kappa shape index (κ1) is 16.2. The first-order valence-electron chi connectivity index (χ1n) is 7.95. The quantitative estimate of drug-likeness (QED) is 0.786. The molecule has 1 aliphatic heterocycles. The molecule has 3 heterocycles. The van der Waals surface area contributed by atoms with Gasteiger partial charge >= 0.3 is 0 Å². The number of likely N-dealkylation sites (tertiary alicyclic amines) is 1. The average molecular weight is 328 g/mol. The van der Waals surface area contributed by atoms with Gasteiger partial charge in [0.25, 0.3) is 0 Å². The van der Waals surface area contributed by atoms with Gasteiger partial charge in [0, 0.05) is 36.6 Å². The number of amides is 1. The molecule has 0 aromatic carbocycles. The summed E-state index contributed by atoms with van der Waals surface area (Å²) in [6, 6.07) is 5.02. The number of carbonyl (C=O) groups excluding carboxylic acids is 1. The van der Waals surface area contributed by atoms with Crippen LogP contribution in [0.25, 0.3) is 0 Å². The summed E-state index contributed by atoms with van der Waals surface area (Å²) in [6.45, 7) is 2.18. The highest BCUT2D eigenvalue weighted by atomic mass is 16.3. The van der Waals surface area contributed by atoms with Crippen LogP contribution in [0, 0.1) is 5.92 Å². The summed E-state index contributed by atoms with van der Waals surface area (Å²) in [4.78, 5) is 32.8. The lowest BCUT2D eigenvalue weighted by Crippen LogP contribution is -2.38. The zero-order valence-electron chi connectivity index (χ0n) is 13.2. The van der Waals surface area contributed by atoms with E-state index < -0.39 is 0 Å². The van der Waals surface area contributed by atoms with Gasteiger partial charge in [-0.3, -0.25) is 19.5 Å². The molecule has 7 nitrogen and oxygen atoms in total. The van der Waals surface area contributed by atoms with Gasteiger partial charge in [-0.05, 0) is 38.1 Å². The third-order valence-electron chi connectivity index (χ3n) is 4.23. The molecule has 1 amide bonds. The molecule has 1 saturated heterocycles. The number of nitrogens with zero attached hydrogens (tertiary/aromatic N) is 2. The van der Waals surface area contributed by atoms with E-state index in [9.17, 15) is 14.7 Å². The summed E-state index contributed by atoms with van der Waals surface area (Å²) in [6.07, 6.45) is 6.16. The number of pyridine rings is 2. The van der Waals surface area contributed by atoms with E-state index in [1.165, 1.54) is 12.3 Å². The number of hydrogen-bond donors (Lipinski definition) is 3. The highest BCUT2D eigenvalue weighted by molar-refractivity contribution is 5.92. The molecular weight excluding hydrogens is 308 g/mol. The summed E-state index contributed by atoms with van der Waals surface area (Å²) < 4.78 is 0. The predicted octanol–water partition coefficient (Wildman–Crippen LogP) is 1.33. The Balaban J connectivity index is 1.51. The highest BCUT2D eigenvalue weighted by Gasteiger charge is 2.25. The minimum atomic E-state index is -0.380. The largest absolute Gasteiger partial charge is 0.503 e. The molecule has 1 aliphatic rings. The van der Waals surface area contributed by atoms with Crippen LogP contribution < -0.4 is 10.7 Å². The number of anilines is 1. The summed E-state index contributed by atoms with van der Waals surface area (Å²) in [5, 5.41) is 12.2. The standard InChI is InChI=1S/C17H20N4O3/c22-15-8-14(19-10-16(15)23)11-21-6-3-12(4-7-21)17(24)20-13-2-1-5-18-9-13/h1-2,5,8-10,12,23H,3-4,6-7,11H2,(H,19,22)(H,20,24). The van der Waals surface area contributed by atoms with Crippen molar-refractivity contribution in [2.24, 2.45) is 5.92 Å². The van der Waals surface area contributed by atoms with Crippen LogP contribution in [0.3, 0.4) is 0 Å². The number of aromatic nitrogens is 2. The zero-order valence-corrected chi connectivity index (χ0v) is 13.2. The fourth-order valence-electron chi connectivity index (χ4n) is 2.87. The van der Waals surface area contributed by atoms with Gasteiger partial charge in [-0.25, -0.2) is 0 Å². The van der Waals surface area contributed by atoms with Gasteiger partial charge in [-0.2, -0.15) is 0 Å². The molecule has 0 radical (unpaired) electrons. The third-order valence-corrected chi connectivity index (χ3v) is 4.23. The molecular formula is C17H20N4O3. The van der Waals surface area contributed by atoms with Crippen LogP contribution >= 0.6 is 0 Å². The highest BCUT2D eigenvalue weighted by Crippen LogP contribution is 2.20. The topological polar surface area (TPSA) is 98.3 Å². The van der Waals surface area contributed by atoms with Crippen molar-refractivity contribution in [2.45, 2.75) is 19.4 Å². The lowest BCUT2D eigenvalue weighted by molar-refractivity contribution is -0.121. The minimum Gasteiger partial charge on any atom is -0.503 e. The van der Waals surface area contributed by atoms with E-state index >= 15 is 0 Å². The van der Waals surface area contributed by atoms with Crippen LogP contribution in [0.15, 0.2) is 41.6 Å². The molecule has 2 aromatic rings. The summed E-state index contributed by atoms with van der Waals surface area (Å²) in [5.41, 5.74) is 1.09. The van der Waals surface area contributed by atoms with Gasteiger partial charge in [-0.15, -0.1) is 0 Å². The Morgan fingerprint density at radius 3 is 2.88 bits per heavy atom. The van der Waals surface area contributed by atoms with Gasteiger partial charge < -0.3 is 15.4 Å². The molecule has 0 atom stereocenters. The van der Waals surface area contributed by atoms with Crippen molar-refractivity contribution in [1.29, 1.82) is 0 Å². The second kappa shape index (κ2) is 7.27. The van der Waals surface area contributed by atoms with Crippen molar-refractivity contribution in [2.75, 3.05) is 18.4 Å². The number of rotatable bonds is 4. The number of piperidine rings is 1. The number of H-pyrrole nitrogens is 1. The summed E-state index contributed by atoms with van der Waals surface area (Å²) in [5.74, 6) is -0.259. The summed E-state index contributed by atoms with van der Waals surface area (Å²) >= 11 is 0. The lowest BCUT2D eigenvalue weighted by atomic mass is 9.95. The SMILES string of the molecule is O=C(Nc1cccnc1)C1CCN(Cc2cc(=O)c(O)c[nH]2)CC1. The van der Waals surface area contributed by atoms with Gasteiger partial charge in [0.15, 0.2) is 5.75 Å². The molecule has 7 heteroatoms. The van der Waals surface area contributed by atoms with E-state index in [1.807, 2.05) is 6.07 Å². The predicted molar refractivity (Wildman–Crippen MR) is 89.6 cm³/mol. The van der Waals surface area contributed by atoms with E-state index in [4.69, 9.17) is 0 Å². The van der Waals surface area contributed by atoms with Gasteiger partial charge in [0.1, 0.15) is 0 Å². The Morgan fingerprint density at radius 2 is 2.21 bits per heavy atom. The fourth-order valence-corrected chi connectivity index (χ4v) is 2.87. The van der Waals surface area contributed by atoms with Gasteiger partial charge in [-0.1, -0.05) is 0 Å². The first-order valence-corrected chi connectivity index (χ1v) is 7.95. The van der Waals surface area contributed by atoms with E-state index in [0.717, 1.165) is 31.6 Å². The Kier molecular flexibility index (Phi) is 4.90. The Hall–Kier alpha value is -2.67. The number of hydrogen-bond acceptors (Lipinski definition) is 5. The van der Waals surface area contributed by atoms with Crippen LogP contribution in [0.2, 0.25) is 0 Å². The molecule has 0 saturated carbocycles. The molecule has 3 rings (SSSR count). The van der Waals surface area contributed by atoms with Crippen molar-refractivity contribution < 1.29 is 9.90 Å². The average Bonchev–Trinajstić information content (AvgIpc) is 2.60. The van der Waals surface area contributed by atoms with Crippen molar-refractivity contribution in [3.8, 4) is 5.75 Å². The molecule has 2 aromatic heterocycles. The first-order chi connectivity index (χ1) is 11.6. The monoisotopic (exact) mass is 328 g/mol. The fraction of sp³-hybridized carbons (Fsp3) is 0.353. The van der Waals surface area contributed by atoms with E-state index in [1.54, 1.807) is 18.5 Å². The van der Waals surface area contributed by atoms with Crippen molar-refractivity contribution in [3.63, 3.8) is 0 Å². The maximum absolute atomic E-state index is 12.3. The smallest absolute Gasteiger partial charge is 0.227 e. The molecule has 0 spiro atoms. The number of nitrogens with one attached hydrogen (secondary N) is 2. The second-order valence-corrected chi connectivity index (χ2v) is 5.99. The number of carbonyl (C=O) groups is 1. The van der Waals surface area contributed by atoms with Crippen LogP contribution in [0.1, 0.15) is 18.5 Å². The Morgan fingerprint density at radius 1 is 1.42 bits per heavy atom. The molecule has 3 N–H and O–H groups in total. The normalized spacial score (nSPS) is 16.0. The Bertz CT molecular complexity index is 752. The molecule has 0 unspecified atom stereocenters. The molecule has 0 aliphatic carbocycles. The van der Waals surface area contributed by atoms with Crippen LogP contribution in [-0.4, -0.2) is 39.0 Å². The summed E-state index contributed by atoms with van der Waals surface area (Å²) in [7, 11) is 0. The van der Waals surface area contributed by atoms with Crippen molar-refractivity contribution >= 4 is 11.6 Å². The molecule has 126 valence electrons. The Labute approximate surface area is 139 Å². The van der Waals surface area contributed by atoms with Crippen molar-refractivity contribution in [1.82, 2.24) is 14.9 Å². The maximum atomic E-state index is 12.3.